The van der Waals surface area contributed by atoms with Crippen LogP contribution in [0.4, 0.5) is 0 Å². The maximum absolute atomic E-state index is 11.4. The number of carbonyl (C=O) groups excluding carboxylic acids is 1. The van der Waals surface area contributed by atoms with Gasteiger partial charge >= 0.3 is 5.97 Å². The lowest BCUT2D eigenvalue weighted by Gasteiger charge is -2.10. The first kappa shape index (κ1) is 18.4. The Balaban J connectivity index is 0.000000313. The highest BCUT2D eigenvalue weighted by atomic mass is 16.4. The second-order valence-electron chi connectivity index (χ2n) is 5.06. The third kappa shape index (κ3) is 8.38. The minimum atomic E-state index is -1.08. The highest BCUT2D eigenvalue weighted by Gasteiger charge is 2.14. The summed E-state index contributed by atoms with van der Waals surface area (Å²) in [5, 5.41) is 10.6. The molecule has 0 heterocycles. The van der Waals surface area contributed by atoms with Crippen LogP contribution in [0.1, 0.15) is 11.1 Å². The van der Waals surface area contributed by atoms with Crippen molar-refractivity contribution in [2.45, 2.75) is 19.4 Å². The summed E-state index contributed by atoms with van der Waals surface area (Å²) in [6, 6.07) is 18.9. The Morgan fingerprint density at radius 2 is 1.57 bits per heavy atom. The third-order valence-electron chi connectivity index (χ3n) is 2.99. The fraction of sp³-hybridized carbons (Fsp3) is 0.222. The molecule has 1 unspecified atom stereocenters. The molecule has 1 atom stereocenters. The van der Waals surface area contributed by atoms with Crippen LogP contribution in [0.5, 0.6) is 0 Å². The zero-order valence-electron chi connectivity index (χ0n) is 13.1. The molecule has 0 aliphatic carbocycles. The van der Waals surface area contributed by atoms with Gasteiger partial charge in [-0.25, -0.2) is 0 Å². The number of carboxylic acid groups (broad SMARTS) is 1. The number of rotatable bonds is 5. The Morgan fingerprint density at radius 1 is 1.04 bits per heavy atom. The van der Waals surface area contributed by atoms with Crippen molar-refractivity contribution in [3.8, 4) is 0 Å². The SMILES string of the molecule is Cc1ccccc1.NC(Cc1ccccc1)C(=O)NCC(=O)O. The number of aryl methyl sites for hydroxylation is 1. The van der Waals surface area contributed by atoms with Crippen molar-refractivity contribution in [1.29, 1.82) is 0 Å². The summed E-state index contributed by atoms with van der Waals surface area (Å²) in [7, 11) is 0. The van der Waals surface area contributed by atoms with E-state index < -0.39 is 24.5 Å². The lowest BCUT2D eigenvalue weighted by molar-refractivity contribution is -0.138. The molecule has 0 spiro atoms. The minimum absolute atomic E-state index is 0.395. The van der Waals surface area contributed by atoms with Crippen LogP contribution in [0.15, 0.2) is 60.7 Å². The van der Waals surface area contributed by atoms with Crippen molar-refractivity contribution in [3.05, 3.63) is 71.8 Å². The van der Waals surface area contributed by atoms with Crippen molar-refractivity contribution in [3.63, 3.8) is 0 Å². The Kier molecular flexibility index (Phi) is 8.10. The van der Waals surface area contributed by atoms with Gasteiger partial charge in [0.2, 0.25) is 5.91 Å². The molecule has 5 heteroatoms. The predicted octanol–water partition coefficient (Wildman–Crippen LogP) is 1.75. The molecule has 0 aliphatic heterocycles. The second kappa shape index (κ2) is 10.1. The summed E-state index contributed by atoms with van der Waals surface area (Å²) < 4.78 is 0. The van der Waals surface area contributed by atoms with E-state index in [1.165, 1.54) is 5.56 Å². The van der Waals surface area contributed by atoms with Crippen molar-refractivity contribution >= 4 is 11.9 Å². The molecular formula is C18H22N2O3. The summed E-state index contributed by atoms with van der Waals surface area (Å²) in [4.78, 5) is 21.6. The van der Waals surface area contributed by atoms with Gasteiger partial charge in [-0.3, -0.25) is 9.59 Å². The lowest BCUT2D eigenvalue weighted by Crippen LogP contribution is -2.43. The topological polar surface area (TPSA) is 92.4 Å². The van der Waals surface area contributed by atoms with E-state index in [0.717, 1.165) is 5.56 Å². The Hall–Kier alpha value is -2.66. The van der Waals surface area contributed by atoms with Gasteiger partial charge in [-0.05, 0) is 18.9 Å². The molecule has 0 aromatic heterocycles. The smallest absolute Gasteiger partial charge is 0.322 e. The van der Waals surface area contributed by atoms with E-state index in [0.29, 0.717) is 6.42 Å². The predicted molar refractivity (Wildman–Crippen MR) is 89.9 cm³/mol. The summed E-state index contributed by atoms with van der Waals surface area (Å²) in [5.41, 5.74) is 7.90. The molecule has 0 radical (unpaired) electrons. The van der Waals surface area contributed by atoms with Crippen LogP contribution in [0, 0.1) is 6.92 Å². The van der Waals surface area contributed by atoms with Crippen molar-refractivity contribution in [1.82, 2.24) is 5.32 Å². The van der Waals surface area contributed by atoms with Crippen molar-refractivity contribution < 1.29 is 14.7 Å². The van der Waals surface area contributed by atoms with Crippen LogP contribution in [-0.4, -0.2) is 29.6 Å². The van der Waals surface area contributed by atoms with Crippen LogP contribution in [0.3, 0.4) is 0 Å². The van der Waals surface area contributed by atoms with Crippen LogP contribution in [0.2, 0.25) is 0 Å². The molecular weight excluding hydrogens is 292 g/mol. The molecule has 0 saturated heterocycles. The molecule has 2 aromatic rings. The van der Waals surface area contributed by atoms with Gasteiger partial charge in [0.1, 0.15) is 6.54 Å². The standard InChI is InChI=1S/C11H14N2O3.C7H8/c12-9(11(16)13-7-10(14)15)6-8-4-2-1-3-5-8;1-7-5-3-2-4-6-7/h1-5,9H,6-7,12H2,(H,13,16)(H,14,15);2-6H,1H3. The molecule has 1 amide bonds. The number of nitrogens with two attached hydrogens (primary N) is 1. The molecule has 0 aliphatic rings. The van der Waals surface area contributed by atoms with Crippen LogP contribution < -0.4 is 11.1 Å². The molecule has 5 nitrogen and oxygen atoms in total. The molecule has 0 bridgehead atoms. The lowest BCUT2D eigenvalue weighted by atomic mass is 10.1. The van der Waals surface area contributed by atoms with Crippen molar-refractivity contribution in [2.24, 2.45) is 5.73 Å². The first-order chi connectivity index (χ1) is 11.0. The van der Waals surface area contributed by atoms with Gasteiger partial charge < -0.3 is 16.2 Å². The fourth-order valence-electron chi connectivity index (χ4n) is 1.79. The van der Waals surface area contributed by atoms with E-state index in [9.17, 15) is 9.59 Å². The number of benzene rings is 2. The molecule has 23 heavy (non-hydrogen) atoms. The monoisotopic (exact) mass is 314 g/mol. The van der Waals surface area contributed by atoms with E-state index in [1.54, 1.807) is 0 Å². The number of amides is 1. The summed E-state index contributed by atoms with van der Waals surface area (Å²) in [6.07, 6.45) is 0.395. The number of hydrogen-bond donors (Lipinski definition) is 3. The molecule has 2 rings (SSSR count). The summed E-state index contributed by atoms with van der Waals surface area (Å²) in [6.45, 7) is 1.68. The molecule has 0 saturated carbocycles. The maximum atomic E-state index is 11.4. The van der Waals surface area contributed by atoms with Crippen LogP contribution in [-0.2, 0) is 16.0 Å². The molecule has 2 aromatic carbocycles. The van der Waals surface area contributed by atoms with Crippen LogP contribution in [0.25, 0.3) is 0 Å². The average Bonchev–Trinajstić information content (AvgIpc) is 2.54. The maximum Gasteiger partial charge on any atom is 0.322 e. The largest absolute Gasteiger partial charge is 0.480 e. The van der Waals surface area contributed by atoms with Gasteiger partial charge in [0.05, 0.1) is 6.04 Å². The van der Waals surface area contributed by atoms with E-state index in [2.05, 4.69) is 24.4 Å². The van der Waals surface area contributed by atoms with E-state index >= 15 is 0 Å². The third-order valence-corrected chi connectivity index (χ3v) is 2.99. The zero-order valence-corrected chi connectivity index (χ0v) is 13.1. The number of hydrogen-bond acceptors (Lipinski definition) is 3. The highest BCUT2D eigenvalue weighted by molar-refractivity contribution is 5.85. The Labute approximate surface area is 136 Å². The average molecular weight is 314 g/mol. The van der Waals surface area contributed by atoms with E-state index in [4.69, 9.17) is 10.8 Å². The van der Waals surface area contributed by atoms with Gasteiger partial charge in [0, 0.05) is 0 Å². The quantitative estimate of drug-likeness (QED) is 0.784. The van der Waals surface area contributed by atoms with Crippen molar-refractivity contribution in [2.75, 3.05) is 6.54 Å². The zero-order chi connectivity index (χ0) is 17.1. The van der Waals surface area contributed by atoms with Gasteiger partial charge in [-0.15, -0.1) is 0 Å². The minimum Gasteiger partial charge on any atom is -0.480 e. The highest BCUT2D eigenvalue weighted by Crippen LogP contribution is 2.01. The van der Waals surface area contributed by atoms with Gasteiger partial charge in [0.25, 0.3) is 0 Å². The number of aliphatic carboxylic acids is 1. The van der Waals surface area contributed by atoms with Gasteiger partial charge in [0.15, 0.2) is 0 Å². The van der Waals surface area contributed by atoms with E-state index in [-0.39, 0.29) is 0 Å². The summed E-state index contributed by atoms with van der Waals surface area (Å²) >= 11 is 0. The summed E-state index contributed by atoms with van der Waals surface area (Å²) in [5.74, 6) is -1.54. The van der Waals surface area contributed by atoms with Gasteiger partial charge in [-0.2, -0.15) is 0 Å². The normalized spacial score (nSPS) is 10.9. The fourth-order valence-corrected chi connectivity index (χ4v) is 1.79. The number of nitrogens with one attached hydrogen (secondary N) is 1. The number of carbonyl (C=O) groups is 2. The first-order valence-corrected chi connectivity index (χ1v) is 7.29. The molecule has 4 N–H and O–H groups in total. The number of carboxylic acids is 1. The second-order valence-corrected chi connectivity index (χ2v) is 5.06. The molecule has 0 fully saturated rings. The Bertz CT molecular complexity index is 600. The van der Waals surface area contributed by atoms with Crippen LogP contribution >= 0.6 is 0 Å². The molecule has 122 valence electrons. The van der Waals surface area contributed by atoms with Gasteiger partial charge in [-0.1, -0.05) is 66.2 Å². The Morgan fingerprint density at radius 3 is 2.00 bits per heavy atom. The van der Waals surface area contributed by atoms with E-state index in [1.807, 2.05) is 48.5 Å². The first-order valence-electron chi connectivity index (χ1n) is 7.29.